The first kappa shape index (κ1) is 19.2. The molecule has 4 rings (SSSR count). The predicted octanol–water partition coefficient (Wildman–Crippen LogP) is 3.25. The third kappa shape index (κ3) is 4.01. The fraction of sp³-hybridized carbons (Fsp3) is 0.263. The van der Waals surface area contributed by atoms with E-state index in [4.69, 9.17) is 10.2 Å². The molecule has 3 aromatic rings. The molecule has 1 aliphatic rings. The molecule has 1 saturated heterocycles. The Morgan fingerprint density at radius 1 is 1.07 bits per heavy atom. The maximum Gasteiger partial charge on any atom is 0.243 e. The van der Waals surface area contributed by atoms with Gasteiger partial charge >= 0.3 is 0 Å². The number of aromatic nitrogens is 1. The zero-order valence-corrected chi connectivity index (χ0v) is 17.4. The van der Waals surface area contributed by atoms with Crippen molar-refractivity contribution in [3.63, 3.8) is 0 Å². The van der Waals surface area contributed by atoms with Crippen molar-refractivity contribution in [3.8, 4) is 16.6 Å². The number of piperazine rings is 1. The minimum atomic E-state index is -3.52. The van der Waals surface area contributed by atoms with Crippen molar-refractivity contribution in [1.82, 2.24) is 14.2 Å². The second-order valence-electron chi connectivity index (χ2n) is 6.47. The summed E-state index contributed by atoms with van der Waals surface area (Å²) in [5, 5.41) is 16.1. The van der Waals surface area contributed by atoms with Crippen LogP contribution in [0, 0.1) is 11.3 Å². The van der Waals surface area contributed by atoms with E-state index in [-0.39, 0.29) is 4.90 Å². The molecule has 0 bridgehead atoms. The van der Waals surface area contributed by atoms with Crippen LogP contribution in [0.5, 0.6) is 0 Å². The van der Waals surface area contributed by atoms with E-state index in [2.05, 4.69) is 21.7 Å². The molecule has 6 nitrogen and oxygen atoms in total. The Morgan fingerprint density at radius 3 is 2.46 bits per heavy atom. The second-order valence-corrected chi connectivity index (χ2v) is 10.0. The summed E-state index contributed by atoms with van der Waals surface area (Å²) in [7, 11) is -3.52. The van der Waals surface area contributed by atoms with Crippen LogP contribution in [0.1, 0.15) is 11.3 Å². The monoisotopic (exact) mass is 430 g/mol. The highest BCUT2D eigenvalue weighted by molar-refractivity contribution is 7.89. The summed E-state index contributed by atoms with van der Waals surface area (Å²) in [5.41, 5.74) is 2.63. The molecule has 9 heteroatoms. The van der Waals surface area contributed by atoms with E-state index in [1.165, 1.54) is 28.6 Å². The summed E-state index contributed by atoms with van der Waals surface area (Å²) >= 11 is 3.30. The fourth-order valence-corrected chi connectivity index (χ4v) is 6.05. The van der Waals surface area contributed by atoms with E-state index in [1.54, 1.807) is 22.7 Å². The first-order valence-corrected chi connectivity index (χ1v) is 12.0. The normalized spacial score (nSPS) is 16.1. The molecule has 0 amide bonds. The molecule has 0 spiro atoms. The van der Waals surface area contributed by atoms with Gasteiger partial charge in [0, 0.05) is 49.0 Å². The Balaban J connectivity index is 1.37. The number of nitrogens with zero attached hydrogens (tertiary/aromatic N) is 4. The lowest BCUT2D eigenvalue weighted by Crippen LogP contribution is -2.48. The largest absolute Gasteiger partial charge is 0.295 e. The van der Waals surface area contributed by atoms with E-state index >= 15 is 0 Å². The van der Waals surface area contributed by atoms with Gasteiger partial charge in [0.1, 0.15) is 5.01 Å². The first-order valence-electron chi connectivity index (χ1n) is 8.76. The van der Waals surface area contributed by atoms with E-state index in [1.807, 2.05) is 11.4 Å². The van der Waals surface area contributed by atoms with Gasteiger partial charge in [0.2, 0.25) is 10.0 Å². The Hall–Kier alpha value is -2.09. The van der Waals surface area contributed by atoms with Crippen molar-refractivity contribution in [2.45, 2.75) is 11.4 Å². The minimum Gasteiger partial charge on any atom is -0.295 e. The Kier molecular flexibility index (Phi) is 5.57. The van der Waals surface area contributed by atoms with Crippen molar-refractivity contribution in [1.29, 1.82) is 5.26 Å². The Labute approximate surface area is 172 Å². The molecule has 1 aromatic carbocycles. The van der Waals surface area contributed by atoms with Crippen LogP contribution < -0.4 is 0 Å². The highest BCUT2D eigenvalue weighted by Gasteiger charge is 2.28. The van der Waals surface area contributed by atoms with Crippen molar-refractivity contribution in [3.05, 3.63) is 57.7 Å². The molecule has 0 aliphatic carbocycles. The summed E-state index contributed by atoms with van der Waals surface area (Å²) in [6.07, 6.45) is 0. The highest BCUT2D eigenvalue weighted by Crippen LogP contribution is 2.26. The minimum absolute atomic E-state index is 0.236. The lowest BCUT2D eigenvalue weighted by molar-refractivity contribution is 0.180. The quantitative estimate of drug-likeness (QED) is 0.621. The number of nitriles is 1. The molecule has 28 heavy (non-hydrogen) atoms. The number of hydrogen-bond donors (Lipinski definition) is 0. The summed E-state index contributed by atoms with van der Waals surface area (Å²) < 4.78 is 27.1. The van der Waals surface area contributed by atoms with Gasteiger partial charge in [0.25, 0.3) is 0 Å². The smallest absolute Gasteiger partial charge is 0.243 e. The number of hydrogen-bond acceptors (Lipinski definition) is 7. The van der Waals surface area contributed by atoms with Crippen LogP contribution in [-0.2, 0) is 16.6 Å². The summed E-state index contributed by atoms with van der Waals surface area (Å²) in [4.78, 5) is 7.17. The molecule has 0 saturated carbocycles. The third-order valence-electron chi connectivity index (χ3n) is 4.66. The number of thiophene rings is 1. The van der Waals surface area contributed by atoms with Crippen molar-refractivity contribution >= 4 is 32.7 Å². The number of sulfonamides is 1. The molecule has 1 fully saturated rings. The van der Waals surface area contributed by atoms with Gasteiger partial charge in [-0.3, -0.25) is 4.90 Å². The third-order valence-corrected chi connectivity index (χ3v) is 8.19. The number of benzene rings is 1. The molecule has 0 atom stereocenters. The second kappa shape index (κ2) is 8.11. The van der Waals surface area contributed by atoms with Crippen LogP contribution in [-0.4, -0.2) is 48.8 Å². The van der Waals surface area contributed by atoms with Crippen LogP contribution >= 0.6 is 22.7 Å². The molecule has 0 radical (unpaired) electrons. The van der Waals surface area contributed by atoms with Crippen LogP contribution in [0.25, 0.3) is 10.6 Å². The van der Waals surface area contributed by atoms with Gasteiger partial charge in [0.05, 0.1) is 22.2 Å². The van der Waals surface area contributed by atoms with E-state index in [9.17, 15) is 8.42 Å². The SMILES string of the molecule is N#Cc1ccc(S(=O)(=O)N2CCN(Cc3csc(-c4ccsc4)n3)CC2)cc1. The van der Waals surface area contributed by atoms with Crippen LogP contribution in [0.2, 0.25) is 0 Å². The maximum atomic E-state index is 12.8. The van der Waals surface area contributed by atoms with Gasteiger partial charge in [-0.1, -0.05) is 0 Å². The molecular formula is C19H18N4O2S3. The average molecular weight is 431 g/mol. The maximum absolute atomic E-state index is 12.8. The molecule has 0 N–H and O–H groups in total. The fourth-order valence-electron chi connectivity index (χ4n) is 3.11. The van der Waals surface area contributed by atoms with E-state index in [0.717, 1.165) is 22.8 Å². The van der Waals surface area contributed by atoms with Crippen LogP contribution in [0.15, 0.2) is 51.4 Å². The summed E-state index contributed by atoms with van der Waals surface area (Å²) in [5.74, 6) is 0. The van der Waals surface area contributed by atoms with Gasteiger partial charge in [-0.15, -0.1) is 11.3 Å². The van der Waals surface area contributed by atoms with Gasteiger partial charge in [-0.2, -0.15) is 20.9 Å². The van der Waals surface area contributed by atoms with E-state index < -0.39 is 10.0 Å². The predicted molar refractivity (Wildman–Crippen MR) is 111 cm³/mol. The lowest BCUT2D eigenvalue weighted by Gasteiger charge is -2.33. The Bertz CT molecular complexity index is 1080. The summed E-state index contributed by atoms with van der Waals surface area (Å²) in [6, 6.07) is 10.2. The molecular weight excluding hydrogens is 412 g/mol. The molecule has 2 aromatic heterocycles. The zero-order valence-electron chi connectivity index (χ0n) is 15.0. The Morgan fingerprint density at radius 2 is 1.82 bits per heavy atom. The van der Waals surface area contributed by atoms with Gasteiger partial charge in [-0.05, 0) is 35.7 Å². The molecule has 0 unspecified atom stereocenters. The van der Waals surface area contributed by atoms with Crippen LogP contribution in [0.3, 0.4) is 0 Å². The van der Waals surface area contributed by atoms with Gasteiger partial charge in [0.15, 0.2) is 0 Å². The number of thiazole rings is 1. The number of rotatable bonds is 5. The van der Waals surface area contributed by atoms with Crippen molar-refractivity contribution in [2.24, 2.45) is 0 Å². The lowest BCUT2D eigenvalue weighted by atomic mass is 10.2. The van der Waals surface area contributed by atoms with E-state index in [0.29, 0.717) is 31.7 Å². The van der Waals surface area contributed by atoms with Crippen LogP contribution in [0.4, 0.5) is 0 Å². The standard InChI is InChI=1S/C19H18N4O2S3/c20-11-15-1-3-18(4-2-15)28(24,25)23-8-6-22(7-9-23)12-17-14-27-19(21-17)16-5-10-26-13-16/h1-5,10,13-14H,6-9,12H2. The van der Waals surface area contributed by atoms with Gasteiger partial charge in [-0.25, -0.2) is 13.4 Å². The molecule has 3 heterocycles. The zero-order chi connectivity index (χ0) is 19.6. The van der Waals surface area contributed by atoms with Crippen molar-refractivity contribution in [2.75, 3.05) is 26.2 Å². The average Bonchev–Trinajstić information content (AvgIpc) is 3.40. The summed E-state index contributed by atoms with van der Waals surface area (Å²) in [6.45, 7) is 2.96. The van der Waals surface area contributed by atoms with Crippen molar-refractivity contribution < 1.29 is 8.42 Å². The topological polar surface area (TPSA) is 77.3 Å². The highest BCUT2D eigenvalue weighted by atomic mass is 32.2. The van der Waals surface area contributed by atoms with Gasteiger partial charge < -0.3 is 0 Å². The first-order chi connectivity index (χ1) is 13.6. The molecule has 144 valence electrons. The molecule has 1 aliphatic heterocycles.